The van der Waals surface area contributed by atoms with Crippen molar-refractivity contribution in [2.45, 2.75) is 44.7 Å². The Kier molecular flexibility index (Phi) is 5.46. The summed E-state index contributed by atoms with van der Waals surface area (Å²) in [4.78, 5) is 12.2. The van der Waals surface area contributed by atoms with Gasteiger partial charge in [0, 0.05) is 6.04 Å². The molecule has 148 valence electrons. The number of sulfonamides is 1. The molecule has 0 aliphatic carbocycles. The van der Waals surface area contributed by atoms with Gasteiger partial charge in [-0.1, -0.05) is 67.4 Å². The van der Waals surface area contributed by atoms with Gasteiger partial charge in [-0.15, -0.1) is 0 Å². The molecule has 0 bridgehead atoms. The first-order valence-corrected chi connectivity index (χ1v) is 10.7. The molecule has 1 N–H and O–H groups in total. The van der Waals surface area contributed by atoms with Crippen LogP contribution in [0.2, 0.25) is 0 Å². The number of carboxylic acid groups (broad SMARTS) is 1. The van der Waals surface area contributed by atoms with Crippen molar-refractivity contribution >= 4 is 16.0 Å². The van der Waals surface area contributed by atoms with Crippen molar-refractivity contribution in [3.8, 4) is 0 Å². The van der Waals surface area contributed by atoms with Gasteiger partial charge in [0.05, 0.1) is 16.5 Å². The molecule has 2 aromatic carbocycles. The van der Waals surface area contributed by atoms with Crippen LogP contribution in [0.25, 0.3) is 0 Å². The lowest BCUT2D eigenvalue weighted by atomic mass is 10.00. The lowest BCUT2D eigenvalue weighted by Gasteiger charge is -2.32. The molecule has 3 rings (SSSR count). The Morgan fingerprint density at radius 2 is 1.46 bits per heavy atom. The van der Waals surface area contributed by atoms with Gasteiger partial charge in [-0.25, -0.2) is 13.2 Å². The number of hydrogen-bond acceptors (Lipinski definition) is 3. The van der Waals surface area contributed by atoms with E-state index in [1.54, 1.807) is 42.5 Å². The van der Waals surface area contributed by atoms with Gasteiger partial charge in [-0.2, -0.15) is 4.31 Å². The van der Waals surface area contributed by atoms with E-state index in [-0.39, 0.29) is 16.4 Å². The molecule has 0 unspecified atom stereocenters. The number of aliphatic carboxylic acids is 1. The van der Waals surface area contributed by atoms with Crippen LogP contribution in [0, 0.1) is 19.8 Å². The first-order chi connectivity index (χ1) is 13.1. The van der Waals surface area contributed by atoms with E-state index in [2.05, 4.69) is 0 Å². The van der Waals surface area contributed by atoms with Crippen LogP contribution < -0.4 is 0 Å². The second-order valence-electron chi connectivity index (χ2n) is 7.62. The Labute approximate surface area is 166 Å². The minimum absolute atomic E-state index is 0.0787. The maximum absolute atomic E-state index is 13.6. The van der Waals surface area contributed by atoms with Gasteiger partial charge in [0.1, 0.15) is 0 Å². The Morgan fingerprint density at radius 3 is 1.93 bits per heavy atom. The summed E-state index contributed by atoms with van der Waals surface area (Å²) in [5.41, 5.74) is 2.73. The summed E-state index contributed by atoms with van der Waals surface area (Å²) in [6.45, 7) is 7.62. The first kappa shape index (κ1) is 20.3. The number of rotatable bonds is 5. The molecule has 1 heterocycles. The number of aryl methyl sites for hydroxylation is 2. The minimum Gasteiger partial charge on any atom is -0.478 e. The number of nitrogens with zero attached hydrogens (tertiary/aromatic N) is 1. The van der Waals surface area contributed by atoms with E-state index in [9.17, 15) is 18.3 Å². The van der Waals surface area contributed by atoms with E-state index in [1.807, 2.05) is 39.8 Å². The Hall–Kier alpha value is -2.44. The number of benzene rings is 2. The van der Waals surface area contributed by atoms with E-state index in [0.29, 0.717) is 5.56 Å². The lowest BCUT2D eigenvalue weighted by molar-refractivity contribution is -0.133. The standard InChI is InChI=1S/C22H25NO4S/c1-14(2)20-13-19(22(24)25)21(17-9-5-15(3)6-10-17)23(20)28(26,27)18-11-7-16(4)8-12-18/h5-14,20-21H,1-4H3,(H,24,25)/t20-,21-/m0/s1. The summed E-state index contributed by atoms with van der Waals surface area (Å²) in [5.74, 6) is -1.18. The predicted molar refractivity (Wildman–Crippen MR) is 108 cm³/mol. The topological polar surface area (TPSA) is 74.7 Å². The minimum atomic E-state index is -3.91. The van der Waals surface area contributed by atoms with E-state index < -0.39 is 28.1 Å². The fourth-order valence-electron chi connectivity index (χ4n) is 3.54. The Balaban J connectivity index is 2.19. The van der Waals surface area contributed by atoms with Crippen molar-refractivity contribution in [3.63, 3.8) is 0 Å². The van der Waals surface area contributed by atoms with Gasteiger partial charge < -0.3 is 5.11 Å². The van der Waals surface area contributed by atoms with Crippen LogP contribution in [0.5, 0.6) is 0 Å². The van der Waals surface area contributed by atoms with Crippen LogP contribution in [0.15, 0.2) is 65.1 Å². The van der Waals surface area contributed by atoms with Crippen molar-refractivity contribution in [2.24, 2.45) is 5.92 Å². The van der Waals surface area contributed by atoms with Crippen molar-refractivity contribution in [3.05, 3.63) is 76.9 Å². The van der Waals surface area contributed by atoms with Gasteiger partial charge in [0.2, 0.25) is 10.0 Å². The monoisotopic (exact) mass is 399 g/mol. The van der Waals surface area contributed by atoms with E-state index >= 15 is 0 Å². The summed E-state index contributed by atoms with van der Waals surface area (Å²) in [6, 6.07) is 12.6. The quantitative estimate of drug-likeness (QED) is 0.822. The summed E-state index contributed by atoms with van der Waals surface area (Å²) in [7, 11) is -3.91. The summed E-state index contributed by atoms with van der Waals surface area (Å²) in [5, 5.41) is 9.80. The molecule has 2 atom stereocenters. The lowest BCUT2D eigenvalue weighted by Crippen LogP contribution is -2.41. The second kappa shape index (κ2) is 7.53. The van der Waals surface area contributed by atoms with Crippen molar-refractivity contribution < 1.29 is 18.3 Å². The largest absolute Gasteiger partial charge is 0.478 e. The molecule has 0 spiro atoms. The summed E-state index contributed by atoms with van der Waals surface area (Å²) < 4.78 is 28.5. The molecule has 28 heavy (non-hydrogen) atoms. The van der Waals surface area contributed by atoms with E-state index in [1.165, 1.54) is 4.31 Å². The summed E-state index contributed by atoms with van der Waals surface area (Å²) in [6.07, 6.45) is 1.59. The highest BCUT2D eigenvalue weighted by Gasteiger charge is 2.46. The third kappa shape index (κ3) is 3.62. The number of carboxylic acids is 1. The highest BCUT2D eigenvalue weighted by Crippen LogP contribution is 2.43. The van der Waals surface area contributed by atoms with E-state index in [0.717, 1.165) is 11.1 Å². The van der Waals surface area contributed by atoms with Crippen LogP contribution in [-0.4, -0.2) is 29.8 Å². The number of hydrogen-bond donors (Lipinski definition) is 1. The fraction of sp³-hybridized carbons (Fsp3) is 0.318. The third-order valence-electron chi connectivity index (χ3n) is 5.11. The van der Waals surface area contributed by atoms with Crippen molar-refractivity contribution in [1.82, 2.24) is 4.31 Å². The van der Waals surface area contributed by atoms with Crippen LogP contribution in [0.3, 0.4) is 0 Å². The van der Waals surface area contributed by atoms with Crippen LogP contribution >= 0.6 is 0 Å². The second-order valence-corrected chi connectivity index (χ2v) is 9.47. The van der Waals surface area contributed by atoms with Crippen molar-refractivity contribution in [1.29, 1.82) is 0 Å². The van der Waals surface area contributed by atoms with Gasteiger partial charge in [-0.3, -0.25) is 0 Å². The maximum Gasteiger partial charge on any atom is 0.333 e. The van der Waals surface area contributed by atoms with Crippen molar-refractivity contribution in [2.75, 3.05) is 0 Å². The van der Waals surface area contributed by atoms with E-state index in [4.69, 9.17) is 0 Å². The SMILES string of the molecule is Cc1ccc([C@H]2C(C(=O)O)=C[C@@H](C(C)C)N2S(=O)(=O)c2ccc(C)cc2)cc1. The first-order valence-electron chi connectivity index (χ1n) is 9.24. The zero-order valence-corrected chi connectivity index (χ0v) is 17.3. The molecular formula is C22H25NO4S. The van der Waals surface area contributed by atoms with Crippen LogP contribution in [0.4, 0.5) is 0 Å². The average Bonchev–Trinajstić information content (AvgIpc) is 3.05. The average molecular weight is 400 g/mol. The molecule has 0 amide bonds. The number of carbonyl (C=O) groups is 1. The molecule has 0 saturated carbocycles. The molecule has 0 fully saturated rings. The zero-order chi connectivity index (χ0) is 20.6. The zero-order valence-electron chi connectivity index (χ0n) is 16.5. The Morgan fingerprint density at radius 1 is 0.964 bits per heavy atom. The van der Waals surface area contributed by atoms with Gasteiger partial charge in [-0.05, 0) is 37.5 Å². The smallest absolute Gasteiger partial charge is 0.333 e. The fourth-order valence-corrected chi connectivity index (χ4v) is 5.40. The van der Waals surface area contributed by atoms with Gasteiger partial charge in [0.25, 0.3) is 0 Å². The summed E-state index contributed by atoms with van der Waals surface area (Å²) >= 11 is 0. The Bertz CT molecular complexity index is 1010. The van der Waals surface area contributed by atoms with Crippen LogP contribution in [-0.2, 0) is 14.8 Å². The highest BCUT2D eigenvalue weighted by molar-refractivity contribution is 7.89. The third-order valence-corrected chi connectivity index (χ3v) is 6.99. The molecule has 1 aliphatic rings. The van der Waals surface area contributed by atoms with Gasteiger partial charge in [0.15, 0.2) is 0 Å². The molecule has 0 aromatic heterocycles. The van der Waals surface area contributed by atoms with Gasteiger partial charge >= 0.3 is 5.97 Å². The molecule has 0 radical (unpaired) electrons. The maximum atomic E-state index is 13.6. The molecule has 5 nitrogen and oxygen atoms in total. The molecular weight excluding hydrogens is 374 g/mol. The highest BCUT2D eigenvalue weighted by atomic mass is 32.2. The van der Waals surface area contributed by atoms with Crippen LogP contribution in [0.1, 0.15) is 36.6 Å². The molecule has 2 aromatic rings. The normalized spacial score (nSPS) is 20.4. The molecule has 6 heteroatoms. The predicted octanol–water partition coefficient (Wildman–Crippen LogP) is 4.08. The molecule has 0 saturated heterocycles. The molecule has 1 aliphatic heterocycles.